The molecule has 8 heteroatoms. The molecule has 0 aliphatic rings. The second kappa shape index (κ2) is 7.01. The SMILES string of the molecule is O=C(OCc1csc(Cc2ccccc2)n1)c1cc(F)cc2n[nH]nc12. The molecular formula is C18H13FN4O2S. The molecular weight excluding hydrogens is 355 g/mol. The topological polar surface area (TPSA) is 80.8 Å². The molecule has 2 heterocycles. The molecule has 2 aromatic heterocycles. The van der Waals surface area contributed by atoms with Crippen LogP contribution in [0.25, 0.3) is 11.0 Å². The molecule has 26 heavy (non-hydrogen) atoms. The van der Waals surface area contributed by atoms with Gasteiger partial charge in [-0.3, -0.25) is 0 Å². The zero-order valence-corrected chi connectivity index (χ0v) is 14.3. The number of nitrogens with zero attached hydrogens (tertiary/aromatic N) is 3. The molecule has 0 saturated carbocycles. The molecule has 0 amide bonds. The van der Waals surface area contributed by atoms with Crippen LogP contribution in [-0.2, 0) is 17.8 Å². The van der Waals surface area contributed by atoms with Gasteiger partial charge in [0.15, 0.2) is 0 Å². The van der Waals surface area contributed by atoms with E-state index in [0.717, 1.165) is 17.5 Å². The molecule has 6 nitrogen and oxygen atoms in total. The Hall–Kier alpha value is -3.13. The fraction of sp³-hybridized carbons (Fsp3) is 0.111. The summed E-state index contributed by atoms with van der Waals surface area (Å²) in [4.78, 5) is 16.8. The van der Waals surface area contributed by atoms with Crippen LogP contribution in [0.15, 0.2) is 47.8 Å². The third-order valence-electron chi connectivity index (χ3n) is 3.76. The molecule has 0 bridgehead atoms. The zero-order chi connectivity index (χ0) is 17.9. The van der Waals surface area contributed by atoms with Crippen LogP contribution in [0, 0.1) is 5.82 Å². The van der Waals surface area contributed by atoms with Crippen molar-refractivity contribution in [3.8, 4) is 0 Å². The van der Waals surface area contributed by atoms with E-state index in [4.69, 9.17) is 4.74 Å². The van der Waals surface area contributed by atoms with Gasteiger partial charge >= 0.3 is 5.97 Å². The van der Waals surface area contributed by atoms with E-state index >= 15 is 0 Å². The average Bonchev–Trinajstić information content (AvgIpc) is 3.29. The number of nitrogens with one attached hydrogen (secondary N) is 1. The van der Waals surface area contributed by atoms with Gasteiger partial charge in [0.2, 0.25) is 0 Å². The molecule has 0 atom stereocenters. The number of ether oxygens (including phenoxy) is 1. The molecule has 4 aromatic rings. The Labute approximate surface area is 151 Å². The van der Waals surface area contributed by atoms with Gasteiger partial charge in [-0.05, 0) is 11.6 Å². The lowest BCUT2D eigenvalue weighted by atomic mass is 10.2. The van der Waals surface area contributed by atoms with E-state index in [1.807, 2.05) is 35.7 Å². The van der Waals surface area contributed by atoms with Gasteiger partial charge in [0.05, 0.1) is 16.3 Å². The summed E-state index contributed by atoms with van der Waals surface area (Å²) in [5.41, 5.74) is 2.41. The Morgan fingerprint density at radius 1 is 1.19 bits per heavy atom. The average molecular weight is 368 g/mol. The fourth-order valence-corrected chi connectivity index (χ4v) is 3.37. The minimum Gasteiger partial charge on any atom is -0.455 e. The molecule has 0 aliphatic carbocycles. The number of carbonyl (C=O) groups excluding carboxylic acids is 1. The number of H-pyrrole nitrogens is 1. The number of carbonyl (C=O) groups is 1. The Morgan fingerprint density at radius 2 is 2.04 bits per heavy atom. The smallest absolute Gasteiger partial charge is 0.340 e. The number of esters is 1. The van der Waals surface area contributed by atoms with E-state index in [1.165, 1.54) is 23.0 Å². The minimum absolute atomic E-state index is 0.0139. The minimum atomic E-state index is -0.666. The maximum Gasteiger partial charge on any atom is 0.340 e. The summed E-state index contributed by atoms with van der Waals surface area (Å²) in [6, 6.07) is 12.3. The van der Waals surface area contributed by atoms with Crippen molar-refractivity contribution < 1.29 is 13.9 Å². The second-order valence-corrected chi connectivity index (χ2v) is 6.56. The molecule has 0 unspecified atom stereocenters. The number of aromatic nitrogens is 4. The van der Waals surface area contributed by atoms with Crippen molar-refractivity contribution in [3.63, 3.8) is 0 Å². The van der Waals surface area contributed by atoms with E-state index in [2.05, 4.69) is 20.4 Å². The third-order valence-corrected chi connectivity index (χ3v) is 4.65. The van der Waals surface area contributed by atoms with Gasteiger partial charge in [0, 0.05) is 17.9 Å². The summed E-state index contributed by atoms with van der Waals surface area (Å²) < 4.78 is 18.9. The maximum atomic E-state index is 13.6. The number of rotatable bonds is 5. The summed E-state index contributed by atoms with van der Waals surface area (Å²) >= 11 is 1.51. The molecule has 2 aromatic carbocycles. The molecule has 1 N–H and O–H groups in total. The summed E-state index contributed by atoms with van der Waals surface area (Å²) in [5.74, 6) is -1.24. The van der Waals surface area contributed by atoms with Gasteiger partial charge in [0.25, 0.3) is 0 Å². The van der Waals surface area contributed by atoms with Gasteiger partial charge < -0.3 is 4.74 Å². The Kier molecular flexibility index (Phi) is 4.40. The number of benzene rings is 2. The quantitative estimate of drug-likeness (QED) is 0.545. The molecule has 130 valence electrons. The molecule has 0 spiro atoms. The predicted molar refractivity (Wildman–Crippen MR) is 94.3 cm³/mol. The van der Waals surface area contributed by atoms with E-state index in [9.17, 15) is 9.18 Å². The van der Waals surface area contributed by atoms with Crippen molar-refractivity contribution in [2.45, 2.75) is 13.0 Å². The van der Waals surface area contributed by atoms with Crippen LogP contribution in [-0.4, -0.2) is 26.4 Å². The number of hydrogen-bond acceptors (Lipinski definition) is 6. The Morgan fingerprint density at radius 3 is 2.88 bits per heavy atom. The third kappa shape index (κ3) is 3.45. The highest BCUT2D eigenvalue weighted by Crippen LogP contribution is 2.19. The largest absolute Gasteiger partial charge is 0.455 e. The van der Waals surface area contributed by atoms with Crippen LogP contribution in [0.3, 0.4) is 0 Å². The summed E-state index contributed by atoms with van der Waals surface area (Å²) in [5, 5.41) is 12.8. The lowest BCUT2D eigenvalue weighted by molar-refractivity contribution is 0.0470. The van der Waals surface area contributed by atoms with Crippen LogP contribution in [0.4, 0.5) is 4.39 Å². The number of fused-ring (bicyclic) bond motifs is 1. The first-order chi connectivity index (χ1) is 12.7. The number of hydrogen-bond donors (Lipinski definition) is 1. The highest BCUT2D eigenvalue weighted by atomic mass is 32.1. The van der Waals surface area contributed by atoms with Crippen molar-refractivity contribution in [1.29, 1.82) is 0 Å². The first kappa shape index (κ1) is 16.3. The molecule has 0 radical (unpaired) electrons. The molecule has 0 aliphatic heterocycles. The number of aromatic amines is 1. The normalized spacial score (nSPS) is 11.0. The van der Waals surface area contributed by atoms with Crippen molar-refractivity contribution in [3.05, 3.63) is 75.5 Å². The predicted octanol–water partition coefficient (Wildman–Crippen LogP) is 3.50. The first-order valence-electron chi connectivity index (χ1n) is 7.83. The fourth-order valence-electron chi connectivity index (χ4n) is 2.56. The standard InChI is InChI=1S/C18H13FN4O2S/c19-12-7-14(17-15(8-12)21-23-22-17)18(24)25-9-13-10-26-16(20-13)6-11-4-2-1-3-5-11/h1-5,7-8,10H,6,9H2,(H,21,22,23). The molecule has 0 saturated heterocycles. The monoisotopic (exact) mass is 368 g/mol. The van der Waals surface area contributed by atoms with Crippen LogP contribution < -0.4 is 0 Å². The maximum absolute atomic E-state index is 13.6. The van der Waals surface area contributed by atoms with E-state index < -0.39 is 11.8 Å². The molecule has 0 fully saturated rings. The van der Waals surface area contributed by atoms with Crippen molar-refractivity contribution in [2.24, 2.45) is 0 Å². The summed E-state index contributed by atoms with van der Waals surface area (Å²) in [6.07, 6.45) is 0.725. The Balaban J connectivity index is 1.44. The van der Waals surface area contributed by atoms with E-state index in [1.54, 1.807) is 0 Å². The van der Waals surface area contributed by atoms with Gasteiger partial charge in [-0.25, -0.2) is 14.2 Å². The molecule has 4 rings (SSSR count). The highest BCUT2D eigenvalue weighted by molar-refractivity contribution is 7.09. The van der Waals surface area contributed by atoms with Gasteiger partial charge in [0.1, 0.15) is 23.5 Å². The second-order valence-electron chi connectivity index (χ2n) is 5.62. The lowest BCUT2D eigenvalue weighted by Gasteiger charge is -2.03. The summed E-state index contributed by atoms with van der Waals surface area (Å²) in [7, 11) is 0. The van der Waals surface area contributed by atoms with Crippen LogP contribution in [0.5, 0.6) is 0 Å². The number of halogens is 1. The highest BCUT2D eigenvalue weighted by Gasteiger charge is 2.17. The van der Waals surface area contributed by atoms with E-state index in [-0.39, 0.29) is 23.2 Å². The van der Waals surface area contributed by atoms with Crippen molar-refractivity contribution in [2.75, 3.05) is 0 Å². The van der Waals surface area contributed by atoms with Gasteiger partial charge in [-0.15, -0.1) is 11.3 Å². The van der Waals surface area contributed by atoms with Crippen LogP contribution in [0.1, 0.15) is 26.6 Å². The zero-order valence-electron chi connectivity index (χ0n) is 13.5. The lowest BCUT2D eigenvalue weighted by Crippen LogP contribution is -2.07. The van der Waals surface area contributed by atoms with Crippen LogP contribution >= 0.6 is 11.3 Å². The van der Waals surface area contributed by atoms with E-state index in [0.29, 0.717) is 5.69 Å². The van der Waals surface area contributed by atoms with Crippen molar-refractivity contribution >= 4 is 28.3 Å². The first-order valence-corrected chi connectivity index (χ1v) is 8.71. The van der Waals surface area contributed by atoms with Gasteiger partial charge in [-0.1, -0.05) is 30.3 Å². The van der Waals surface area contributed by atoms with Crippen molar-refractivity contribution in [1.82, 2.24) is 20.4 Å². The Bertz CT molecular complexity index is 1060. The number of thiazole rings is 1. The van der Waals surface area contributed by atoms with Gasteiger partial charge in [-0.2, -0.15) is 15.4 Å². The summed E-state index contributed by atoms with van der Waals surface area (Å²) in [6.45, 7) is 0.0139. The van der Waals surface area contributed by atoms with Crippen LogP contribution in [0.2, 0.25) is 0 Å².